The van der Waals surface area contributed by atoms with Gasteiger partial charge in [0.25, 0.3) is 0 Å². The van der Waals surface area contributed by atoms with Crippen LogP contribution in [0.1, 0.15) is 31.2 Å². The summed E-state index contributed by atoms with van der Waals surface area (Å²) in [4.78, 5) is 23.6. The molecule has 1 fully saturated rings. The fraction of sp³-hybridized carbons (Fsp3) is 0.304. The summed E-state index contributed by atoms with van der Waals surface area (Å²) in [6, 6.07) is 6.22. The molecule has 1 aliphatic heterocycles. The van der Waals surface area contributed by atoms with Crippen LogP contribution in [0.3, 0.4) is 0 Å². The number of hydrogen-bond acceptors (Lipinski definition) is 6. The number of alkyl halides is 3. The molecule has 3 aromatic rings. The van der Waals surface area contributed by atoms with E-state index in [9.17, 15) is 30.8 Å². The van der Waals surface area contributed by atoms with E-state index >= 15 is 0 Å². The van der Waals surface area contributed by atoms with Gasteiger partial charge in [-0.3, -0.25) is 9.78 Å². The number of aromatic nitrogens is 3. The van der Waals surface area contributed by atoms with Crippen LogP contribution in [0.15, 0.2) is 59.9 Å². The molecule has 2 aromatic heterocycles. The van der Waals surface area contributed by atoms with Gasteiger partial charge in [0.1, 0.15) is 11.9 Å². The number of nitrogens with zero attached hydrogens (tertiary/aromatic N) is 4. The van der Waals surface area contributed by atoms with Crippen molar-refractivity contribution in [3.63, 3.8) is 0 Å². The highest BCUT2D eigenvalue weighted by molar-refractivity contribution is 7.89. The number of rotatable bonds is 6. The molecule has 13 heteroatoms. The van der Waals surface area contributed by atoms with E-state index in [2.05, 4.69) is 20.3 Å². The lowest BCUT2D eigenvalue weighted by Gasteiger charge is -2.27. The lowest BCUT2D eigenvalue weighted by molar-refractivity contribution is -0.145. The minimum Gasteiger partial charge on any atom is -0.351 e. The summed E-state index contributed by atoms with van der Waals surface area (Å²) < 4.78 is 78.8. The highest BCUT2D eigenvalue weighted by atomic mass is 32.2. The maximum atomic E-state index is 13.3. The van der Waals surface area contributed by atoms with Crippen LogP contribution < -0.4 is 5.32 Å². The highest BCUT2D eigenvalue weighted by Crippen LogP contribution is 2.31. The van der Waals surface area contributed by atoms with E-state index in [-0.39, 0.29) is 17.0 Å². The molecule has 1 aromatic carbocycles. The summed E-state index contributed by atoms with van der Waals surface area (Å²) >= 11 is 0. The van der Waals surface area contributed by atoms with E-state index in [1.807, 2.05) is 0 Å². The molecule has 0 spiro atoms. The van der Waals surface area contributed by atoms with Gasteiger partial charge >= 0.3 is 6.18 Å². The molecule has 1 amide bonds. The second-order valence-corrected chi connectivity index (χ2v) is 10.1. The molecule has 1 N–H and O–H groups in total. The molecule has 1 saturated heterocycles. The molecule has 0 radical (unpaired) electrons. The molecule has 1 aliphatic rings. The minimum absolute atomic E-state index is 0.0329. The summed E-state index contributed by atoms with van der Waals surface area (Å²) in [5, 5.41) is 2.72. The largest absolute Gasteiger partial charge is 0.451 e. The van der Waals surface area contributed by atoms with Crippen LogP contribution in [-0.2, 0) is 27.5 Å². The molecule has 4 rings (SSSR count). The number of carbonyl (C=O) groups is 1. The second kappa shape index (κ2) is 9.90. The first-order valence-electron chi connectivity index (χ1n) is 10.9. The zero-order chi connectivity index (χ0) is 26.1. The normalized spacial score (nSPS) is 18.8. The molecule has 3 heterocycles. The molecule has 0 aliphatic carbocycles. The Kier molecular flexibility index (Phi) is 7.05. The highest BCUT2D eigenvalue weighted by Gasteiger charge is 2.43. The van der Waals surface area contributed by atoms with Gasteiger partial charge in [0.2, 0.25) is 21.8 Å². The molecular formula is C23H21F4N5O3S. The smallest absolute Gasteiger partial charge is 0.351 e. The van der Waals surface area contributed by atoms with Gasteiger partial charge in [0, 0.05) is 36.7 Å². The number of benzene rings is 1. The fourth-order valence-corrected chi connectivity index (χ4v) is 5.83. The van der Waals surface area contributed by atoms with Gasteiger partial charge in [-0.2, -0.15) is 17.5 Å². The van der Waals surface area contributed by atoms with Crippen LogP contribution in [0.25, 0.3) is 11.3 Å². The number of hydrogen-bond donors (Lipinski definition) is 1. The van der Waals surface area contributed by atoms with Gasteiger partial charge in [0.15, 0.2) is 0 Å². The molecule has 0 bridgehead atoms. The Bertz CT molecular complexity index is 1350. The topological polar surface area (TPSA) is 105 Å². The standard InChI is InChI=1S/C23H21F4N5O3S/c1-14-2-7-20(32(14)36(34,35)18-5-3-17(24)4-6-18)21(33)29-11-15-8-9-28-19(10-15)16-12-30-22(31-13-16)23(25,26)27/h3-6,8-10,12-14,20H,2,7,11H2,1H3,(H,29,33). The van der Waals surface area contributed by atoms with Gasteiger partial charge < -0.3 is 5.32 Å². The summed E-state index contributed by atoms with van der Waals surface area (Å²) in [6.45, 7) is 1.74. The Morgan fingerprint density at radius 2 is 1.75 bits per heavy atom. The number of amides is 1. The molecule has 190 valence electrons. The van der Waals surface area contributed by atoms with Crippen molar-refractivity contribution in [3.05, 3.63) is 72.2 Å². The van der Waals surface area contributed by atoms with Crippen LogP contribution in [0.4, 0.5) is 17.6 Å². The maximum Gasteiger partial charge on any atom is 0.451 e. The van der Waals surface area contributed by atoms with E-state index in [4.69, 9.17) is 0 Å². The minimum atomic E-state index is -4.66. The SMILES string of the molecule is CC1CCC(C(=O)NCc2ccnc(-c3cnc(C(F)(F)F)nc3)c2)N1S(=O)(=O)c1ccc(F)cc1. The first-order chi connectivity index (χ1) is 17.0. The van der Waals surface area contributed by atoms with Gasteiger partial charge in [-0.05, 0) is 61.7 Å². The van der Waals surface area contributed by atoms with Crippen LogP contribution in [0.2, 0.25) is 0 Å². The van der Waals surface area contributed by atoms with Crippen molar-refractivity contribution in [2.45, 2.75) is 49.5 Å². The number of halogens is 4. The predicted octanol–water partition coefficient (Wildman–Crippen LogP) is 3.55. The quantitative estimate of drug-likeness (QED) is 0.496. The lowest BCUT2D eigenvalue weighted by Crippen LogP contribution is -2.48. The fourth-order valence-electron chi connectivity index (χ4n) is 4.00. The van der Waals surface area contributed by atoms with Crippen molar-refractivity contribution in [2.75, 3.05) is 0 Å². The molecule has 36 heavy (non-hydrogen) atoms. The Hall–Kier alpha value is -3.45. The van der Waals surface area contributed by atoms with E-state index in [1.165, 1.54) is 6.20 Å². The van der Waals surface area contributed by atoms with Crippen LogP contribution in [0, 0.1) is 5.82 Å². The summed E-state index contributed by atoms with van der Waals surface area (Å²) in [6.07, 6.45) is -0.410. The van der Waals surface area contributed by atoms with E-state index in [0.29, 0.717) is 24.1 Å². The first-order valence-corrected chi connectivity index (χ1v) is 12.3. The maximum absolute atomic E-state index is 13.3. The third kappa shape index (κ3) is 5.36. The van der Waals surface area contributed by atoms with Crippen molar-refractivity contribution in [1.82, 2.24) is 24.6 Å². The average molecular weight is 524 g/mol. The molecule has 0 saturated carbocycles. The summed E-state index contributed by atoms with van der Waals surface area (Å²) in [7, 11) is -4.04. The predicted molar refractivity (Wildman–Crippen MR) is 120 cm³/mol. The average Bonchev–Trinajstić information content (AvgIpc) is 3.25. The van der Waals surface area contributed by atoms with Gasteiger partial charge in [0.05, 0.1) is 10.6 Å². The van der Waals surface area contributed by atoms with Crippen LogP contribution >= 0.6 is 0 Å². The lowest BCUT2D eigenvalue weighted by atomic mass is 10.1. The monoisotopic (exact) mass is 523 g/mol. The third-order valence-electron chi connectivity index (χ3n) is 5.78. The van der Waals surface area contributed by atoms with Crippen molar-refractivity contribution in [3.8, 4) is 11.3 Å². The van der Waals surface area contributed by atoms with Crippen molar-refractivity contribution in [1.29, 1.82) is 0 Å². The molecular weight excluding hydrogens is 502 g/mol. The number of sulfonamides is 1. The number of nitrogens with one attached hydrogen (secondary N) is 1. The molecule has 2 unspecified atom stereocenters. The summed E-state index contributed by atoms with van der Waals surface area (Å²) in [5.74, 6) is -2.33. The zero-order valence-electron chi connectivity index (χ0n) is 18.9. The van der Waals surface area contributed by atoms with Crippen molar-refractivity contribution in [2.24, 2.45) is 0 Å². The number of pyridine rings is 1. The first kappa shape index (κ1) is 25.6. The van der Waals surface area contributed by atoms with E-state index in [1.54, 1.807) is 19.1 Å². The van der Waals surface area contributed by atoms with Crippen LogP contribution in [-0.4, -0.2) is 45.7 Å². The summed E-state index contributed by atoms with van der Waals surface area (Å²) in [5.41, 5.74) is 1.16. The van der Waals surface area contributed by atoms with Crippen LogP contribution in [0.5, 0.6) is 0 Å². The van der Waals surface area contributed by atoms with Gasteiger partial charge in [-0.15, -0.1) is 0 Å². The van der Waals surface area contributed by atoms with E-state index < -0.39 is 45.8 Å². The third-order valence-corrected chi connectivity index (χ3v) is 7.82. The second-order valence-electron chi connectivity index (χ2n) is 8.29. The number of carbonyl (C=O) groups excluding carboxylic acids is 1. The zero-order valence-corrected chi connectivity index (χ0v) is 19.7. The van der Waals surface area contributed by atoms with Gasteiger partial charge in [-0.1, -0.05) is 0 Å². The molecule has 2 atom stereocenters. The van der Waals surface area contributed by atoms with E-state index in [0.717, 1.165) is 41.0 Å². The Balaban J connectivity index is 1.47. The van der Waals surface area contributed by atoms with Gasteiger partial charge in [-0.25, -0.2) is 22.8 Å². The molecule has 8 nitrogen and oxygen atoms in total. The Labute approximate surface area is 204 Å². The van der Waals surface area contributed by atoms with Crippen molar-refractivity contribution < 1.29 is 30.8 Å². The Morgan fingerprint density at radius 3 is 2.39 bits per heavy atom. The van der Waals surface area contributed by atoms with Crippen molar-refractivity contribution >= 4 is 15.9 Å². The Morgan fingerprint density at radius 1 is 1.08 bits per heavy atom.